The van der Waals surface area contributed by atoms with Crippen molar-refractivity contribution >= 4 is 11.8 Å². The Balaban J connectivity index is 4.18. The van der Waals surface area contributed by atoms with Gasteiger partial charge in [0.1, 0.15) is 12.0 Å². The molecule has 0 radical (unpaired) electrons. The van der Waals surface area contributed by atoms with Crippen LogP contribution < -0.4 is 10.6 Å². The molecule has 0 aromatic carbocycles. The van der Waals surface area contributed by atoms with E-state index in [2.05, 4.69) is 10.6 Å². The van der Waals surface area contributed by atoms with Gasteiger partial charge in [-0.3, -0.25) is 9.59 Å². The highest BCUT2D eigenvalue weighted by Gasteiger charge is 2.20. The van der Waals surface area contributed by atoms with Crippen LogP contribution in [0.15, 0.2) is 0 Å². The van der Waals surface area contributed by atoms with Crippen LogP contribution in [0.1, 0.15) is 27.2 Å². The number of nitrogens with one attached hydrogen (secondary N) is 2. The first-order chi connectivity index (χ1) is 7.06. The van der Waals surface area contributed by atoms with E-state index in [0.717, 1.165) is 0 Å². The lowest BCUT2D eigenvalue weighted by Gasteiger charge is -2.14. The lowest BCUT2D eigenvalue weighted by molar-refractivity contribution is -0.129. The first-order valence-electron chi connectivity index (χ1n) is 5.04. The van der Waals surface area contributed by atoms with Gasteiger partial charge in [-0.1, -0.05) is 6.92 Å². The van der Waals surface area contributed by atoms with Gasteiger partial charge in [0.15, 0.2) is 0 Å². The lowest BCUT2D eigenvalue weighted by atomic mass is 10.1. The molecule has 2 N–H and O–H groups in total. The Morgan fingerprint density at radius 1 is 1.33 bits per heavy atom. The van der Waals surface area contributed by atoms with E-state index in [1.54, 1.807) is 20.8 Å². The molecule has 0 bridgehead atoms. The summed E-state index contributed by atoms with van der Waals surface area (Å²) < 4.78 is 0. The summed E-state index contributed by atoms with van der Waals surface area (Å²) in [4.78, 5) is 22.7. The van der Waals surface area contributed by atoms with Crippen molar-refractivity contribution in [1.29, 1.82) is 5.26 Å². The molecule has 0 fully saturated rings. The van der Waals surface area contributed by atoms with Crippen LogP contribution in [0.5, 0.6) is 0 Å². The van der Waals surface area contributed by atoms with Crippen LogP contribution in [0.3, 0.4) is 0 Å². The van der Waals surface area contributed by atoms with Gasteiger partial charge in [0.05, 0.1) is 6.07 Å². The molecule has 5 heteroatoms. The standard InChI is InChI=1S/C10H17N3O2/c1-4-8(6-11)10(15)13-7(3)9(14)12-5-2/h7-8H,4-5H2,1-3H3,(H,12,14)(H,13,15). The number of rotatable bonds is 5. The van der Waals surface area contributed by atoms with E-state index in [9.17, 15) is 9.59 Å². The Morgan fingerprint density at radius 2 is 1.93 bits per heavy atom. The van der Waals surface area contributed by atoms with Crippen LogP contribution in [0.4, 0.5) is 0 Å². The van der Waals surface area contributed by atoms with E-state index in [0.29, 0.717) is 13.0 Å². The summed E-state index contributed by atoms with van der Waals surface area (Å²) in [7, 11) is 0. The maximum atomic E-state index is 11.4. The van der Waals surface area contributed by atoms with Gasteiger partial charge >= 0.3 is 0 Å². The van der Waals surface area contributed by atoms with Crippen molar-refractivity contribution in [3.63, 3.8) is 0 Å². The first kappa shape index (κ1) is 13.4. The van der Waals surface area contributed by atoms with Gasteiger partial charge in [0, 0.05) is 6.54 Å². The molecule has 0 spiro atoms. The molecule has 2 amide bonds. The third-order valence-corrected chi connectivity index (χ3v) is 1.98. The lowest BCUT2D eigenvalue weighted by Crippen LogP contribution is -2.46. The molecule has 0 aromatic rings. The van der Waals surface area contributed by atoms with Gasteiger partial charge in [-0.15, -0.1) is 0 Å². The minimum absolute atomic E-state index is 0.237. The molecule has 0 aliphatic rings. The fourth-order valence-corrected chi connectivity index (χ4v) is 1.04. The highest BCUT2D eigenvalue weighted by molar-refractivity contribution is 5.89. The van der Waals surface area contributed by atoms with E-state index >= 15 is 0 Å². The molecule has 0 saturated heterocycles. The summed E-state index contributed by atoms with van der Waals surface area (Å²) in [5.41, 5.74) is 0. The van der Waals surface area contributed by atoms with E-state index < -0.39 is 17.9 Å². The molecule has 15 heavy (non-hydrogen) atoms. The van der Waals surface area contributed by atoms with Crippen molar-refractivity contribution in [1.82, 2.24) is 10.6 Å². The number of nitrogens with zero attached hydrogens (tertiary/aromatic N) is 1. The zero-order chi connectivity index (χ0) is 11.8. The van der Waals surface area contributed by atoms with Crippen LogP contribution in [0.2, 0.25) is 0 Å². The number of nitriles is 1. The monoisotopic (exact) mass is 211 g/mol. The topological polar surface area (TPSA) is 82.0 Å². The Morgan fingerprint density at radius 3 is 2.33 bits per heavy atom. The largest absolute Gasteiger partial charge is 0.355 e. The summed E-state index contributed by atoms with van der Waals surface area (Å²) in [6, 6.07) is 1.29. The van der Waals surface area contributed by atoms with Crippen LogP contribution in [-0.4, -0.2) is 24.4 Å². The first-order valence-corrected chi connectivity index (χ1v) is 5.04. The summed E-state index contributed by atoms with van der Waals surface area (Å²) >= 11 is 0. The van der Waals surface area contributed by atoms with E-state index in [4.69, 9.17) is 5.26 Å². The van der Waals surface area contributed by atoms with Crippen molar-refractivity contribution in [2.75, 3.05) is 6.54 Å². The molecule has 5 nitrogen and oxygen atoms in total. The number of carbonyl (C=O) groups excluding carboxylic acids is 2. The zero-order valence-electron chi connectivity index (χ0n) is 9.33. The fourth-order valence-electron chi connectivity index (χ4n) is 1.04. The third-order valence-electron chi connectivity index (χ3n) is 1.98. The maximum Gasteiger partial charge on any atom is 0.242 e. The molecular weight excluding hydrogens is 194 g/mol. The van der Waals surface area contributed by atoms with E-state index in [-0.39, 0.29) is 5.91 Å². The van der Waals surface area contributed by atoms with Crippen molar-refractivity contribution in [2.45, 2.75) is 33.2 Å². The Hall–Kier alpha value is -1.57. The number of amides is 2. The number of hydrogen-bond donors (Lipinski definition) is 2. The number of carbonyl (C=O) groups is 2. The van der Waals surface area contributed by atoms with Gasteiger partial charge < -0.3 is 10.6 Å². The van der Waals surface area contributed by atoms with Crippen LogP contribution in [0, 0.1) is 17.2 Å². The van der Waals surface area contributed by atoms with Gasteiger partial charge in [-0.25, -0.2) is 0 Å². The van der Waals surface area contributed by atoms with Gasteiger partial charge in [0.25, 0.3) is 0 Å². The molecule has 0 aliphatic carbocycles. The van der Waals surface area contributed by atoms with Crippen LogP contribution in [0.25, 0.3) is 0 Å². The average Bonchev–Trinajstić information content (AvgIpc) is 2.19. The third kappa shape index (κ3) is 4.45. The zero-order valence-corrected chi connectivity index (χ0v) is 9.33. The highest BCUT2D eigenvalue weighted by Crippen LogP contribution is 2.00. The SMILES string of the molecule is CCNC(=O)C(C)NC(=O)C(C#N)CC. The molecule has 0 rings (SSSR count). The van der Waals surface area contributed by atoms with Crippen molar-refractivity contribution in [3.8, 4) is 6.07 Å². The molecule has 2 unspecified atom stereocenters. The summed E-state index contributed by atoms with van der Waals surface area (Å²) in [5, 5.41) is 13.7. The number of hydrogen-bond acceptors (Lipinski definition) is 3. The molecule has 84 valence electrons. The second-order valence-corrected chi connectivity index (χ2v) is 3.21. The van der Waals surface area contributed by atoms with Gasteiger partial charge in [-0.2, -0.15) is 5.26 Å². The minimum Gasteiger partial charge on any atom is -0.355 e. The predicted molar refractivity (Wildman–Crippen MR) is 55.7 cm³/mol. The molecule has 0 saturated carbocycles. The Kier molecular flexibility index (Phi) is 6.11. The van der Waals surface area contributed by atoms with Crippen molar-refractivity contribution < 1.29 is 9.59 Å². The molecule has 0 heterocycles. The quantitative estimate of drug-likeness (QED) is 0.680. The molecule has 0 aromatic heterocycles. The van der Waals surface area contributed by atoms with Gasteiger partial charge in [-0.05, 0) is 20.3 Å². The van der Waals surface area contributed by atoms with E-state index in [1.807, 2.05) is 6.07 Å². The smallest absolute Gasteiger partial charge is 0.242 e. The predicted octanol–water partition coefficient (Wildman–Crippen LogP) is 0.177. The molecule has 0 aliphatic heterocycles. The minimum atomic E-state index is -0.679. The Bertz CT molecular complexity index is 270. The molecular formula is C10H17N3O2. The van der Waals surface area contributed by atoms with Crippen LogP contribution >= 0.6 is 0 Å². The second-order valence-electron chi connectivity index (χ2n) is 3.21. The Labute approximate surface area is 89.8 Å². The highest BCUT2D eigenvalue weighted by atomic mass is 16.2. The fraction of sp³-hybridized carbons (Fsp3) is 0.700. The normalized spacial score (nSPS) is 13.5. The maximum absolute atomic E-state index is 11.4. The second kappa shape index (κ2) is 6.82. The molecule has 2 atom stereocenters. The van der Waals surface area contributed by atoms with Crippen molar-refractivity contribution in [2.24, 2.45) is 5.92 Å². The summed E-state index contributed by atoms with van der Waals surface area (Å²) in [5.74, 6) is -1.31. The summed E-state index contributed by atoms with van der Waals surface area (Å²) in [6.45, 7) is 5.67. The van der Waals surface area contributed by atoms with Crippen molar-refractivity contribution in [3.05, 3.63) is 0 Å². The van der Waals surface area contributed by atoms with E-state index in [1.165, 1.54) is 0 Å². The van der Waals surface area contributed by atoms with Crippen LogP contribution in [-0.2, 0) is 9.59 Å². The average molecular weight is 211 g/mol. The number of likely N-dealkylation sites (N-methyl/N-ethyl adjacent to an activating group) is 1. The summed E-state index contributed by atoms with van der Waals surface area (Å²) in [6.07, 6.45) is 0.449. The van der Waals surface area contributed by atoms with Gasteiger partial charge in [0.2, 0.25) is 11.8 Å².